The van der Waals surface area contributed by atoms with Crippen molar-refractivity contribution in [1.29, 1.82) is 0 Å². The number of imide groups is 1. The number of carbonyl (C=O) groups excluding carboxylic acids is 3. The summed E-state index contributed by atoms with van der Waals surface area (Å²) in [6.07, 6.45) is 6.45. The van der Waals surface area contributed by atoms with E-state index in [2.05, 4.69) is 10.6 Å². The van der Waals surface area contributed by atoms with E-state index in [0.29, 0.717) is 18.6 Å². The molecule has 0 unspecified atom stereocenters. The lowest BCUT2D eigenvalue weighted by molar-refractivity contribution is -0.135. The molecule has 2 fully saturated rings. The molecule has 4 amide bonds. The molecular formula is C20H27N3O4. The molecule has 1 aliphatic heterocycles. The van der Waals surface area contributed by atoms with Crippen LogP contribution in [0.5, 0.6) is 5.75 Å². The molecule has 1 heterocycles. The van der Waals surface area contributed by atoms with Gasteiger partial charge in [0.1, 0.15) is 17.8 Å². The number of ether oxygens (including phenoxy) is 1. The smallest absolute Gasteiger partial charge is 0.325 e. The quantitative estimate of drug-likeness (QED) is 0.776. The van der Waals surface area contributed by atoms with Gasteiger partial charge in [-0.15, -0.1) is 0 Å². The molecular weight excluding hydrogens is 346 g/mol. The lowest BCUT2D eigenvalue weighted by Gasteiger charge is -2.28. The number of para-hydroxylation sites is 1. The zero-order valence-electron chi connectivity index (χ0n) is 15.8. The average molecular weight is 373 g/mol. The maximum Gasteiger partial charge on any atom is 0.325 e. The third-order valence-electron chi connectivity index (χ3n) is 5.42. The van der Waals surface area contributed by atoms with Gasteiger partial charge in [-0.1, -0.05) is 50.3 Å². The van der Waals surface area contributed by atoms with Crippen molar-refractivity contribution in [2.45, 2.75) is 57.0 Å². The second-order valence-corrected chi connectivity index (χ2v) is 7.26. The number of urea groups is 1. The van der Waals surface area contributed by atoms with Crippen LogP contribution in [-0.4, -0.2) is 41.9 Å². The predicted molar refractivity (Wildman–Crippen MR) is 100 cm³/mol. The Kier molecular flexibility index (Phi) is 5.98. The first kappa shape index (κ1) is 19.2. The van der Waals surface area contributed by atoms with Gasteiger partial charge in [0, 0.05) is 12.1 Å². The summed E-state index contributed by atoms with van der Waals surface area (Å²) < 4.78 is 5.26. The number of rotatable bonds is 5. The molecule has 2 N–H and O–H groups in total. The van der Waals surface area contributed by atoms with Crippen LogP contribution in [0.1, 0.15) is 50.5 Å². The van der Waals surface area contributed by atoms with Gasteiger partial charge in [0.05, 0.1) is 7.11 Å². The SMILES string of the molecule is COc1ccccc1CNC(=O)CN1C(=O)NC2(CCCCCCC2)C1=O. The monoisotopic (exact) mass is 373 g/mol. The van der Waals surface area contributed by atoms with Crippen LogP contribution in [0.15, 0.2) is 24.3 Å². The molecule has 7 nitrogen and oxygen atoms in total. The fourth-order valence-corrected chi connectivity index (χ4v) is 3.91. The first-order valence-electron chi connectivity index (χ1n) is 9.58. The molecule has 1 aromatic rings. The number of hydrogen-bond acceptors (Lipinski definition) is 4. The van der Waals surface area contributed by atoms with Crippen LogP contribution in [0.25, 0.3) is 0 Å². The van der Waals surface area contributed by atoms with E-state index in [4.69, 9.17) is 4.74 Å². The first-order chi connectivity index (χ1) is 13.1. The van der Waals surface area contributed by atoms with Gasteiger partial charge >= 0.3 is 6.03 Å². The summed E-state index contributed by atoms with van der Waals surface area (Å²) in [7, 11) is 1.57. The van der Waals surface area contributed by atoms with Gasteiger partial charge in [-0.2, -0.15) is 0 Å². The van der Waals surface area contributed by atoms with Crippen molar-refractivity contribution in [2.24, 2.45) is 0 Å². The molecule has 146 valence electrons. The molecule has 2 aliphatic rings. The van der Waals surface area contributed by atoms with Crippen LogP contribution < -0.4 is 15.4 Å². The Balaban J connectivity index is 1.60. The van der Waals surface area contributed by atoms with Crippen molar-refractivity contribution >= 4 is 17.8 Å². The van der Waals surface area contributed by atoms with Gasteiger partial charge in [0.2, 0.25) is 5.91 Å². The second-order valence-electron chi connectivity index (χ2n) is 7.26. The number of nitrogens with zero attached hydrogens (tertiary/aromatic N) is 1. The number of methoxy groups -OCH3 is 1. The van der Waals surface area contributed by atoms with Crippen LogP contribution in [-0.2, 0) is 16.1 Å². The number of benzene rings is 1. The van der Waals surface area contributed by atoms with Crippen molar-refractivity contribution in [3.8, 4) is 5.75 Å². The minimum absolute atomic E-state index is 0.262. The highest BCUT2D eigenvalue weighted by Crippen LogP contribution is 2.31. The van der Waals surface area contributed by atoms with Gasteiger partial charge in [-0.3, -0.25) is 14.5 Å². The molecule has 27 heavy (non-hydrogen) atoms. The molecule has 0 bridgehead atoms. The van der Waals surface area contributed by atoms with Gasteiger partial charge in [0.25, 0.3) is 5.91 Å². The zero-order chi connectivity index (χ0) is 19.3. The first-order valence-corrected chi connectivity index (χ1v) is 9.58. The molecule has 0 radical (unpaired) electrons. The van der Waals surface area contributed by atoms with Crippen LogP contribution in [0, 0.1) is 0 Å². The highest BCUT2D eigenvalue weighted by atomic mass is 16.5. The topological polar surface area (TPSA) is 87.7 Å². The summed E-state index contributed by atoms with van der Waals surface area (Å²) in [5.74, 6) is 0.0513. The van der Waals surface area contributed by atoms with Gasteiger partial charge in [0.15, 0.2) is 0 Å². The third-order valence-corrected chi connectivity index (χ3v) is 5.42. The molecule has 1 spiro atoms. The average Bonchev–Trinajstić information content (AvgIpc) is 2.88. The minimum atomic E-state index is -0.819. The summed E-state index contributed by atoms with van der Waals surface area (Å²) in [6, 6.07) is 6.92. The fourth-order valence-electron chi connectivity index (χ4n) is 3.91. The van der Waals surface area contributed by atoms with E-state index in [0.717, 1.165) is 36.1 Å². The number of amides is 4. The van der Waals surface area contributed by atoms with E-state index < -0.39 is 11.6 Å². The maximum atomic E-state index is 12.9. The number of hydrogen-bond donors (Lipinski definition) is 2. The van der Waals surface area contributed by atoms with Crippen molar-refractivity contribution in [3.63, 3.8) is 0 Å². The molecule has 3 rings (SSSR count). The van der Waals surface area contributed by atoms with Crippen molar-refractivity contribution in [2.75, 3.05) is 13.7 Å². The summed E-state index contributed by atoms with van der Waals surface area (Å²) in [4.78, 5) is 38.7. The number of carbonyl (C=O) groups is 3. The van der Waals surface area contributed by atoms with Gasteiger partial charge in [-0.25, -0.2) is 4.79 Å². The van der Waals surface area contributed by atoms with E-state index >= 15 is 0 Å². The van der Waals surface area contributed by atoms with Crippen LogP contribution in [0.3, 0.4) is 0 Å². The Labute approximate surface area is 159 Å². The predicted octanol–water partition coefficient (Wildman–Crippen LogP) is 2.35. The molecule has 1 aliphatic carbocycles. The summed E-state index contributed by atoms with van der Waals surface area (Å²) in [5.41, 5.74) is 0.0162. The van der Waals surface area contributed by atoms with E-state index in [1.165, 1.54) is 6.42 Å². The standard InChI is InChI=1S/C20H27N3O4/c1-27-16-10-6-5-9-15(16)13-21-17(24)14-23-18(25)20(22-19(23)26)11-7-3-2-4-8-12-20/h5-6,9-10H,2-4,7-8,11-14H2,1H3,(H,21,24)(H,22,26). The Morgan fingerprint density at radius 3 is 2.52 bits per heavy atom. The van der Waals surface area contributed by atoms with E-state index in [-0.39, 0.29) is 24.9 Å². The third kappa shape index (κ3) is 4.23. The van der Waals surface area contributed by atoms with Crippen LogP contribution in [0.2, 0.25) is 0 Å². The van der Waals surface area contributed by atoms with E-state index in [1.54, 1.807) is 7.11 Å². The van der Waals surface area contributed by atoms with Crippen LogP contribution >= 0.6 is 0 Å². The molecule has 1 aromatic carbocycles. The normalized spacial score (nSPS) is 19.4. The second kappa shape index (κ2) is 8.41. The van der Waals surface area contributed by atoms with Gasteiger partial charge < -0.3 is 15.4 Å². The molecule has 1 saturated heterocycles. The van der Waals surface area contributed by atoms with Crippen LogP contribution in [0.4, 0.5) is 4.79 Å². The summed E-state index contributed by atoms with van der Waals surface area (Å²) in [5, 5.41) is 5.63. The molecule has 1 saturated carbocycles. The van der Waals surface area contributed by atoms with Crippen molar-refractivity contribution < 1.29 is 19.1 Å². The van der Waals surface area contributed by atoms with Crippen molar-refractivity contribution in [3.05, 3.63) is 29.8 Å². The maximum absolute atomic E-state index is 12.9. The Morgan fingerprint density at radius 2 is 1.81 bits per heavy atom. The lowest BCUT2D eigenvalue weighted by Crippen LogP contribution is -2.48. The lowest BCUT2D eigenvalue weighted by atomic mass is 9.84. The zero-order valence-corrected chi connectivity index (χ0v) is 15.8. The Morgan fingerprint density at radius 1 is 1.15 bits per heavy atom. The highest BCUT2D eigenvalue weighted by molar-refractivity contribution is 6.09. The van der Waals surface area contributed by atoms with E-state index in [9.17, 15) is 14.4 Å². The Hall–Kier alpha value is -2.57. The summed E-state index contributed by atoms with van der Waals surface area (Å²) in [6.45, 7) is 0.0131. The molecule has 0 aromatic heterocycles. The molecule has 0 atom stereocenters. The minimum Gasteiger partial charge on any atom is -0.496 e. The van der Waals surface area contributed by atoms with E-state index in [1.807, 2.05) is 24.3 Å². The van der Waals surface area contributed by atoms with Gasteiger partial charge in [-0.05, 0) is 18.9 Å². The largest absolute Gasteiger partial charge is 0.496 e. The highest BCUT2D eigenvalue weighted by Gasteiger charge is 2.50. The number of nitrogens with one attached hydrogen (secondary N) is 2. The summed E-state index contributed by atoms with van der Waals surface area (Å²) >= 11 is 0. The fraction of sp³-hybridized carbons (Fsp3) is 0.550. The van der Waals surface area contributed by atoms with Crippen molar-refractivity contribution in [1.82, 2.24) is 15.5 Å². The Bertz CT molecular complexity index is 711. The molecule has 7 heteroatoms.